The van der Waals surface area contributed by atoms with Crippen molar-refractivity contribution in [2.24, 2.45) is 0 Å². The number of thiazole rings is 1. The van der Waals surface area contributed by atoms with Gasteiger partial charge in [-0.05, 0) is 26.3 Å². The number of carbonyl (C=O) groups excluding carboxylic acids is 1. The number of pyridine rings is 1. The fourth-order valence-corrected chi connectivity index (χ4v) is 3.27. The van der Waals surface area contributed by atoms with Crippen LogP contribution in [0.2, 0.25) is 0 Å². The van der Waals surface area contributed by atoms with E-state index in [1.165, 1.54) is 27.0 Å². The lowest BCUT2D eigenvalue weighted by Gasteiger charge is -2.21. The molecule has 12 heteroatoms. The number of halogens is 5. The molecule has 30 heavy (non-hydrogen) atoms. The highest BCUT2D eigenvalue weighted by atomic mass is 32.1. The Morgan fingerprint density at radius 1 is 1.23 bits per heavy atom. The van der Waals surface area contributed by atoms with Crippen LogP contribution in [0.3, 0.4) is 0 Å². The SMILES string of the molecule is CC[C@H](Nc1cc(C(F)F)c(-c2cnc(C(=O)NCC(C)(C)O)s2)cn1)C(F)(F)F. The van der Waals surface area contributed by atoms with E-state index in [1.807, 2.05) is 0 Å². The van der Waals surface area contributed by atoms with Gasteiger partial charge in [0.15, 0.2) is 5.01 Å². The Labute approximate surface area is 173 Å². The molecule has 2 aromatic heterocycles. The maximum Gasteiger partial charge on any atom is 0.408 e. The highest BCUT2D eigenvalue weighted by Crippen LogP contribution is 2.36. The van der Waals surface area contributed by atoms with E-state index in [4.69, 9.17) is 0 Å². The van der Waals surface area contributed by atoms with Crippen molar-refractivity contribution in [2.45, 2.75) is 51.4 Å². The van der Waals surface area contributed by atoms with Gasteiger partial charge in [0, 0.05) is 30.1 Å². The van der Waals surface area contributed by atoms with Gasteiger partial charge in [-0.25, -0.2) is 18.7 Å². The molecule has 1 amide bonds. The van der Waals surface area contributed by atoms with Crippen LogP contribution in [0, 0.1) is 0 Å². The Morgan fingerprint density at radius 2 is 1.90 bits per heavy atom. The van der Waals surface area contributed by atoms with Crippen LogP contribution >= 0.6 is 11.3 Å². The van der Waals surface area contributed by atoms with Crippen molar-refractivity contribution in [1.29, 1.82) is 0 Å². The minimum absolute atomic E-state index is 0.0141. The zero-order chi connectivity index (χ0) is 22.7. The Balaban J connectivity index is 2.28. The summed E-state index contributed by atoms with van der Waals surface area (Å²) in [7, 11) is 0. The molecular weight excluding hydrogens is 431 g/mol. The average molecular weight is 452 g/mol. The number of aromatic nitrogens is 2. The molecule has 0 unspecified atom stereocenters. The standard InChI is InChI=1S/C18H21F5N4O2S/c1-4-12(18(21,22)23)27-13-5-9(14(19)20)10(6-24-13)11-7-25-16(30-11)15(28)26-8-17(2,3)29/h5-7,12,14,29H,4,8H2,1-3H3,(H,24,27)(H,26,28)/t12-/m0/s1. The quantitative estimate of drug-likeness (QED) is 0.517. The summed E-state index contributed by atoms with van der Waals surface area (Å²) in [5.74, 6) is -0.917. The smallest absolute Gasteiger partial charge is 0.389 e. The maximum absolute atomic E-state index is 13.6. The number of nitrogens with one attached hydrogen (secondary N) is 2. The first-order valence-corrected chi connectivity index (χ1v) is 9.71. The minimum atomic E-state index is -4.55. The van der Waals surface area contributed by atoms with Gasteiger partial charge in [0.05, 0.1) is 10.5 Å². The number of hydrogen-bond acceptors (Lipinski definition) is 6. The van der Waals surface area contributed by atoms with Gasteiger partial charge >= 0.3 is 6.18 Å². The Morgan fingerprint density at radius 3 is 2.43 bits per heavy atom. The van der Waals surface area contributed by atoms with E-state index in [9.17, 15) is 31.9 Å². The second-order valence-corrected chi connectivity index (χ2v) is 8.16. The third-order valence-electron chi connectivity index (χ3n) is 3.94. The van der Waals surface area contributed by atoms with Crippen molar-refractivity contribution in [3.63, 3.8) is 0 Å². The Hall–Kier alpha value is -2.34. The van der Waals surface area contributed by atoms with Crippen LogP contribution in [0.15, 0.2) is 18.5 Å². The lowest BCUT2D eigenvalue weighted by atomic mass is 10.1. The monoisotopic (exact) mass is 452 g/mol. The summed E-state index contributed by atoms with van der Waals surface area (Å²) in [6.45, 7) is 4.27. The lowest BCUT2D eigenvalue weighted by molar-refractivity contribution is -0.142. The maximum atomic E-state index is 13.6. The minimum Gasteiger partial charge on any atom is -0.389 e. The van der Waals surface area contributed by atoms with Gasteiger partial charge in [0.25, 0.3) is 12.3 Å². The molecule has 3 N–H and O–H groups in total. The molecule has 2 aromatic rings. The van der Waals surface area contributed by atoms with E-state index in [-0.39, 0.29) is 34.2 Å². The van der Waals surface area contributed by atoms with E-state index in [0.717, 1.165) is 23.6 Å². The van der Waals surface area contributed by atoms with Crippen molar-refractivity contribution in [3.05, 3.63) is 29.0 Å². The predicted octanol–water partition coefficient (Wildman–Crippen LogP) is 4.40. The van der Waals surface area contributed by atoms with Gasteiger partial charge in [0.1, 0.15) is 11.9 Å². The number of nitrogens with zero attached hydrogens (tertiary/aromatic N) is 2. The molecule has 0 fully saturated rings. The third kappa shape index (κ3) is 6.33. The van der Waals surface area contributed by atoms with Crippen LogP contribution in [0.4, 0.5) is 27.8 Å². The van der Waals surface area contributed by atoms with E-state index in [0.29, 0.717) is 0 Å². The Bertz CT molecular complexity index is 880. The largest absolute Gasteiger partial charge is 0.408 e. The summed E-state index contributed by atoms with van der Waals surface area (Å²) in [6, 6.07) is -1.06. The molecule has 0 aliphatic carbocycles. The molecule has 0 radical (unpaired) electrons. The lowest BCUT2D eigenvalue weighted by Crippen LogP contribution is -2.38. The first-order chi connectivity index (χ1) is 13.8. The third-order valence-corrected chi connectivity index (χ3v) is 4.97. The molecule has 0 spiro atoms. The van der Waals surface area contributed by atoms with Crippen LogP contribution < -0.4 is 10.6 Å². The number of alkyl halides is 5. The highest BCUT2D eigenvalue weighted by Gasteiger charge is 2.38. The molecule has 0 aliphatic heterocycles. The van der Waals surface area contributed by atoms with Gasteiger partial charge in [0.2, 0.25) is 0 Å². The second kappa shape index (κ2) is 9.21. The van der Waals surface area contributed by atoms with Gasteiger partial charge in [-0.2, -0.15) is 13.2 Å². The molecular formula is C18H21F5N4O2S. The van der Waals surface area contributed by atoms with Gasteiger partial charge < -0.3 is 15.7 Å². The molecule has 1 atom stereocenters. The fourth-order valence-electron chi connectivity index (χ4n) is 2.41. The number of amides is 1. The summed E-state index contributed by atoms with van der Waals surface area (Å²) in [5, 5.41) is 14.2. The van der Waals surface area contributed by atoms with Crippen LogP contribution in [0.25, 0.3) is 10.4 Å². The zero-order valence-electron chi connectivity index (χ0n) is 16.3. The van der Waals surface area contributed by atoms with E-state index in [2.05, 4.69) is 20.6 Å². The molecule has 0 aromatic carbocycles. The van der Waals surface area contributed by atoms with Gasteiger partial charge in [-0.15, -0.1) is 11.3 Å². The number of carbonyl (C=O) groups is 1. The van der Waals surface area contributed by atoms with Gasteiger partial charge in [-0.3, -0.25) is 4.79 Å². The number of anilines is 1. The van der Waals surface area contributed by atoms with E-state index >= 15 is 0 Å². The summed E-state index contributed by atoms with van der Waals surface area (Å²) in [5.41, 5.74) is -1.70. The predicted molar refractivity (Wildman–Crippen MR) is 103 cm³/mol. The molecule has 0 bridgehead atoms. The van der Waals surface area contributed by atoms with Crippen LogP contribution in [-0.2, 0) is 0 Å². The number of hydrogen-bond donors (Lipinski definition) is 3. The summed E-state index contributed by atoms with van der Waals surface area (Å²) in [6.07, 6.45) is -5.59. The van der Waals surface area contributed by atoms with Crippen LogP contribution in [-0.4, -0.2) is 45.3 Å². The van der Waals surface area contributed by atoms with Crippen molar-refractivity contribution in [2.75, 3.05) is 11.9 Å². The van der Waals surface area contributed by atoms with Crippen LogP contribution in [0.5, 0.6) is 0 Å². The number of rotatable bonds is 8. The van der Waals surface area contributed by atoms with E-state index < -0.39 is 35.7 Å². The van der Waals surface area contributed by atoms with Crippen molar-refractivity contribution in [3.8, 4) is 10.4 Å². The second-order valence-electron chi connectivity index (χ2n) is 7.13. The first-order valence-electron chi connectivity index (χ1n) is 8.90. The number of aliphatic hydroxyl groups is 1. The molecule has 0 saturated carbocycles. The topological polar surface area (TPSA) is 87.1 Å². The molecule has 166 valence electrons. The molecule has 2 heterocycles. The van der Waals surface area contributed by atoms with Crippen molar-refractivity contribution in [1.82, 2.24) is 15.3 Å². The summed E-state index contributed by atoms with van der Waals surface area (Å²) >= 11 is 0.826. The molecule has 2 rings (SSSR count). The zero-order valence-corrected chi connectivity index (χ0v) is 17.2. The Kier molecular flexibility index (Phi) is 7.35. The fraction of sp³-hybridized carbons (Fsp3) is 0.500. The van der Waals surface area contributed by atoms with Crippen molar-refractivity contribution >= 4 is 23.1 Å². The van der Waals surface area contributed by atoms with Gasteiger partial charge in [-0.1, -0.05) is 6.92 Å². The molecule has 0 aliphatic rings. The van der Waals surface area contributed by atoms with Crippen molar-refractivity contribution < 1.29 is 31.9 Å². The first kappa shape index (κ1) is 23.9. The normalized spacial score (nSPS) is 13.4. The van der Waals surface area contributed by atoms with E-state index in [1.54, 1.807) is 0 Å². The van der Waals surface area contributed by atoms with Crippen LogP contribution in [0.1, 0.15) is 49.0 Å². The summed E-state index contributed by atoms with van der Waals surface area (Å²) < 4.78 is 65.9. The molecule has 0 saturated heterocycles. The highest BCUT2D eigenvalue weighted by molar-refractivity contribution is 7.17. The molecule has 6 nitrogen and oxygen atoms in total. The summed E-state index contributed by atoms with van der Waals surface area (Å²) in [4.78, 5) is 20.0. The average Bonchev–Trinajstić information content (AvgIpc) is 3.12.